The summed E-state index contributed by atoms with van der Waals surface area (Å²) in [5, 5.41) is 3.09. The van der Waals surface area contributed by atoms with Gasteiger partial charge in [0.1, 0.15) is 16.4 Å². The predicted molar refractivity (Wildman–Crippen MR) is 105 cm³/mol. The second-order valence-corrected chi connectivity index (χ2v) is 9.10. The molecule has 2 fully saturated rings. The molecule has 0 aromatic heterocycles. The Morgan fingerprint density at radius 2 is 1.71 bits per heavy atom. The van der Waals surface area contributed by atoms with Crippen molar-refractivity contribution in [1.82, 2.24) is 14.5 Å². The average Bonchev–Trinajstić information content (AvgIpc) is 2.74. The van der Waals surface area contributed by atoms with Gasteiger partial charge in [-0.1, -0.05) is 19.3 Å². The highest BCUT2D eigenvalue weighted by Gasteiger charge is 2.33. The van der Waals surface area contributed by atoms with Gasteiger partial charge in [-0.05, 0) is 25.0 Å². The monoisotopic (exact) mass is 411 g/mol. The molecule has 1 aromatic rings. The molecule has 1 saturated heterocycles. The van der Waals surface area contributed by atoms with Gasteiger partial charge in [0, 0.05) is 38.3 Å². The lowest BCUT2D eigenvalue weighted by molar-refractivity contribution is 0.166. The summed E-state index contributed by atoms with van der Waals surface area (Å²) < 4.78 is 38.0. The molecule has 0 radical (unpaired) electrons. The van der Waals surface area contributed by atoms with E-state index in [1.54, 1.807) is 17.0 Å². The van der Waals surface area contributed by atoms with E-state index in [1.807, 2.05) is 0 Å². The molecule has 1 aliphatic carbocycles. The zero-order valence-corrected chi connectivity index (χ0v) is 17.3. The minimum absolute atomic E-state index is 0.0782. The van der Waals surface area contributed by atoms with E-state index in [4.69, 9.17) is 9.47 Å². The van der Waals surface area contributed by atoms with Crippen molar-refractivity contribution in [3.63, 3.8) is 0 Å². The summed E-state index contributed by atoms with van der Waals surface area (Å²) in [5.74, 6) is 0.725. The van der Waals surface area contributed by atoms with Gasteiger partial charge in [-0.2, -0.15) is 4.31 Å². The van der Waals surface area contributed by atoms with Gasteiger partial charge in [-0.25, -0.2) is 13.2 Å². The first kappa shape index (κ1) is 20.7. The Morgan fingerprint density at radius 3 is 2.32 bits per heavy atom. The van der Waals surface area contributed by atoms with Crippen molar-refractivity contribution in [1.29, 1.82) is 0 Å². The van der Waals surface area contributed by atoms with Gasteiger partial charge in [0.25, 0.3) is 0 Å². The second-order valence-electron chi connectivity index (χ2n) is 7.19. The Morgan fingerprint density at radius 1 is 1.04 bits per heavy atom. The van der Waals surface area contributed by atoms with E-state index in [1.165, 1.54) is 31.0 Å². The standard InChI is InChI=1S/C19H29N3O5S/c1-26-16-8-9-17(27-2)18(14-16)28(24,25)22-12-10-21(11-13-22)19(23)20-15-6-4-3-5-7-15/h8-9,14-15H,3-7,10-13H2,1-2H3,(H,20,23). The molecule has 1 aliphatic heterocycles. The molecule has 2 amide bonds. The van der Waals surface area contributed by atoms with E-state index >= 15 is 0 Å². The summed E-state index contributed by atoms with van der Waals surface area (Å²) in [6.45, 7) is 1.23. The van der Waals surface area contributed by atoms with Crippen LogP contribution in [0.25, 0.3) is 0 Å². The SMILES string of the molecule is COc1ccc(OC)c(S(=O)(=O)N2CCN(C(=O)NC3CCCCC3)CC2)c1. The van der Waals surface area contributed by atoms with Crippen molar-refractivity contribution in [3.8, 4) is 11.5 Å². The average molecular weight is 412 g/mol. The Labute approximate surface area is 166 Å². The smallest absolute Gasteiger partial charge is 0.317 e. The highest BCUT2D eigenvalue weighted by molar-refractivity contribution is 7.89. The molecule has 0 unspecified atom stereocenters. The fourth-order valence-corrected chi connectivity index (χ4v) is 5.36. The fourth-order valence-electron chi connectivity index (χ4n) is 3.77. The largest absolute Gasteiger partial charge is 0.497 e. The number of hydrogen-bond donors (Lipinski definition) is 1. The molecule has 1 aromatic carbocycles. The molecule has 8 nitrogen and oxygen atoms in total. The van der Waals surface area contributed by atoms with E-state index in [0.29, 0.717) is 18.8 Å². The maximum atomic E-state index is 13.1. The summed E-state index contributed by atoms with van der Waals surface area (Å²) >= 11 is 0. The molecule has 156 valence electrons. The first-order valence-corrected chi connectivity index (χ1v) is 11.2. The number of methoxy groups -OCH3 is 2. The number of hydrogen-bond acceptors (Lipinski definition) is 5. The third-order valence-corrected chi connectivity index (χ3v) is 7.37. The van der Waals surface area contributed by atoms with Gasteiger partial charge < -0.3 is 19.7 Å². The van der Waals surface area contributed by atoms with Crippen LogP contribution in [0.15, 0.2) is 23.1 Å². The molecular formula is C19H29N3O5S. The molecule has 0 bridgehead atoms. The van der Waals surface area contributed by atoms with Gasteiger partial charge in [0.2, 0.25) is 10.0 Å². The van der Waals surface area contributed by atoms with Gasteiger partial charge in [-0.3, -0.25) is 0 Å². The van der Waals surface area contributed by atoms with Crippen LogP contribution in [-0.4, -0.2) is 70.1 Å². The Kier molecular flexibility index (Phi) is 6.66. The van der Waals surface area contributed by atoms with Crippen molar-refractivity contribution in [2.45, 2.75) is 43.0 Å². The molecule has 3 rings (SSSR count). The van der Waals surface area contributed by atoms with E-state index in [-0.39, 0.29) is 35.8 Å². The van der Waals surface area contributed by atoms with Crippen LogP contribution in [0.5, 0.6) is 11.5 Å². The number of rotatable bonds is 5. The molecule has 0 spiro atoms. The second kappa shape index (κ2) is 9.00. The quantitative estimate of drug-likeness (QED) is 0.801. The Hall–Kier alpha value is -2.00. The van der Waals surface area contributed by atoms with E-state index in [2.05, 4.69) is 5.32 Å². The highest BCUT2D eigenvalue weighted by atomic mass is 32.2. The van der Waals surface area contributed by atoms with Crippen LogP contribution in [0.2, 0.25) is 0 Å². The first-order chi connectivity index (χ1) is 13.5. The van der Waals surface area contributed by atoms with Gasteiger partial charge in [-0.15, -0.1) is 0 Å². The third-order valence-electron chi connectivity index (χ3n) is 5.45. The number of nitrogens with zero attached hydrogens (tertiary/aromatic N) is 2. The highest BCUT2D eigenvalue weighted by Crippen LogP contribution is 2.31. The lowest BCUT2D eigenvalue weighted by Crippen LogP contribution is -2.54. The minimum atomic E-state index is -3.74. The number of urea groups is 1. The zero-order chi connectivity index (χ0) is 20.1. The molecule has 1 N–H and O–H groups in total. The van der Waals surface area contributed by atoms with Crippen molar-refractivity contribution < 1.29 is 22.7 Å². The lowest BCUT2D eigenvalue weighted by Gasteiger charge is -2.35. The predicted octanol–water partition coefficient (Wildman–Crippen LogP) is 2.05. The maximum Gasteiger partial charge on any atom is 0.317 e. The van der Waals surface area contributed by atoms with Gasteiger partial charge in [0.05, 0.1) is 14.2 Å². The van der Waals surface area contributed by atoms with Crippen molar-refractivity contribution in [2.75, 3.05) is 40.4 Å². The van der Waals surface area contributed by atoms with Crippen LogP contribution in [0, 0.1) is 0 Å². The summed E-state index contributed by atoms with van der Waals surface area (Å²) in [6.07, 6.45) is 5.58. The van der Waals surface area contributed by atoms with Crippen molar-refractivity contribution >= 4 is 16.1 Å². The molecule has 1 saturated carbocycles. The number of nitrogens with one attached hydrogen (secondary N) is 1. The number of sulfonamides is 1. The fraction of sp³-hybridized carbons (Fsp3) is 0.632. The summed E-state index contributed by atoms with van der Waals surface area (Å²) in [7, 11) is -0.817. The number of carbonyl (C=O) groups is 1. The van der Waals surface area contributed by atoms with Crippen LogP contribution in [0.4, 0.5) is 4.79 Å². The summed E-state index contributed by atoms with van der Waals surface area (Å²) in [4.78, 5) is 14.3. The molecule has 0 atom stereocenters. The first-order valence-electron chi connectivity index (χ1n) is 9.73. The van der Waals surface area contributed by atoms with Crippen LogP contribution < -0.4 is 14.8 Å². The topological polar surface area (TPSA) is 88.2 Å². The van der Waals surface area contributed by atoms with E-state index in [9.17, 15) is 13.2 Å². The number of piperazine rings is 1. The van der Waals surface area contributed by atoms with Crippen molar-refractivity contribution in [2.24, 2.45) is 0 Å². The zero-order valence-electron chi connectivity index (χ0n) is 16.5. The lowest BCUT2D eigenvalue weighted by atomic mass is 9.96. The molecule has 2 aliphatic rings. The normalized spacial score (nSPS) is 19.3. The molecule has 28 heavy (non-hydrogen) atoms. The van der Waals surface area contributed by atoms with Crippen LogP contribution >= 0.6 is 0 Å². The Balaban J connectivity index is 1.64. The third kappa shape index (κ3) is 4.52. The van der Waals surface area contributed by atoms with Crippen LogP contribution in [0.3, 0.4) is 0 Å². The van der Waals surface area contributed by atoms with E-state index in [0.717, 1.165) is 25.7 Å². The number of ether oxygens (including phenoxy) is 2. The Bertz CT molecular complexity index is 785. The molecule has 1 heterocycles. The van der Waals surface area contributed by atoms with Gasteiger partial charge >= 0.3 is 6.03 Å². The van der Waals surface area contributed by atoms with Crippen molar-refractivity contribution in [3.05, 3.63) is 18.2 Å². The minimum Gasteiger partial charge on any atom is -0.497 e. The maximum absolute atomic E-state index is 13.1. The molecule has 9 heteroatoms. The number of benzene rings is 1. The van der Waals surface area contributed by atoms with Gasteiger partial charge in [0.15, 0.2) is 0 Å². The molecular weight excluding hydrogens is 382 g/mol. The van der Waals surface area contributed by atoms with Crippen LogP contribution in [0.1, 0.15) is 32.1 Å². The number of carbonyl (C=O) groups excluding carboxylic acids is 1. The number of amides is 2. The summed E-state index contributed by atoms with van der Waals surface area (Å²) in [5.41, 5.74) is 0. The summed E-state index contributed by atoms with van der Waals surface area (Å²) in [6, 6.07) is 4.85. The van der Waals surface area contributed by atoms with E-state index < -0.39 is 10.0 Å². The van der Waals surface area contributed by atoms with Crippen LogP contribution in [-0.2, 0) is 10.0 Å².